The molecule has 3 nitrogen and oxygen atoms in total. The van der Waals surface area contributed by atoms with Crippen LogP contribution in [0.15, 0.2) is 47.4 Å². The molecule has 0 saturated carbocycles. The smallest absolute Gasteiger partial charge is 0.454 e. The van der Waals surface area contributed by atoms with E-state index in [1.54, 1.807) is 24.3 Å². The Balaban J connectivity index is 2.20. The van der Waals surface area contributed by atoms with Crippen molar-refractivity contribution in [2.24, 2.45) is 0 Å². The second-order valence-corrected chi connectivity index (χ2v) is 5.64. The molecule has 2 aromatic carbocycles. The van der Waals surface area contributed by atoms with E-state index in [9.17, 15) is 18.0 Å². The van der Waals surface area contributed by atoms with Gasteiger partial charge in [-0.3, -0.25) is 4.79 Å². The highest BCUT2D eigenvalue weighted by molar-refractivity contribution is 7.98. The summed E-state index contributed by atoms with van der Waals surface area (Å²) < 4.78 is 48.7. The predicted molar refractivity (Wildman–Crippen MR) is 85.9 cm³/mol. The Bertz CT molecular complexity index is 729. The third-order valence-electron chi connectivity index (χ3n) is 3.27. The minimum Gasteiger partial charge on any atom is -0.495 e. The lowest BCUT2D eigenvalue weighted by atomic mass is 10.0. The molecule has 0 radical (unpaired) electrons. The SMILES string of the molecule is COc1cc(OCc2ccccc2C(=O)C(F)(F)F)ccc1SC. The molecular formula is C17H15F3O3S. The van der Waals surface area contributed by atoms with Gasteiger partial charge in [0.05, 0.1) is 7.11 Å². The van der Waals surface area contributed by atoms with Crippen molar-refractivity contribution in [1.82, 2.24) is 0 Å². The Labute approximate surface area is 141 Å². The third kappa shape index (κ3) is 4.23. The molecule has 0 unspecified atom stereocenters. The lowest BCUT2D eigenvalue weighted by Crippen LogP contribution is -2.24. The van der Waals surface area contributed by atoms with Crippen LogP contribution < -0.4 is 9.47 Å². The first-order chi connectivity index (χ1) is 11.4. The van der Waals surface area contributed by atoms with E-state index in [2.05, 4.69) is 0 Å². The van der Waals surface area contributed by atoms with E-state index in [0.717, 1.165) is 11.0 Å². The van der Waals surface area contributed by atoms with Gasteiger partial charge in [0.2, 0.25) is 0 Å². The van der Waals surface area contributed by atoms with Crippen LogP contribution in [0.25, 0.3) is 0 Å². The normalized spacial score (nSPS) is 11.2. The van der Waals surface area contributed by atoms with Gasteiger partial charge in [-0.2, -0.15) is 13.2 Å². The Morgan fingerprint density at radius 2 is 1.88 bits per heavy atom. The summed E-state index contributed by atoms with van der Waals surface area (Å²) in [7, 11) is 1.52. The van der Waals surface area contributed by atoms with E-state index < -0.39 is 17.5 Å². The summed E-state index contributed by atoms with van der Waals surface area (Å²) in [5.41, 5.74) is -0.231. The number of methoxy groups -OCH3 is 1. The van der Waals surface area contributed by atoms with Gasteiger partial charge in [-0.1, -0.05) is 24.3 Å². The summed E-state index contributed by atoms with van der Waals surface area (Å²) in [5, 5.41) is 0. The second-order valence-electron chi connectivity index (χ2n) is 4.79. The Kier molecular flexibility index (Phi) is 5.77. The number of carbonyl (C=O) groups excluding carboxylic acids is 1. The van der Waals surface area contributed by atoms with Gasteiger partial charge in [0, 0.05) is 22.1 Å². The van der Waals surface area contributed by atoms with E-state index in [-0.39, 0.29) is 12.2 Å². The van der Waals surface area contributed by atoms with E-state index >= 15 is 0 Å². The van der Waals surface area contributed by atoms with Crippen LogP contribution in [0.4, 0.5) is 13.2 Å². The molecule has 24 heavy (non-hydrogen) atoms. The number of alkyl halides is 3. The van der Waals surface area contributed by atoms with Gasteiger partial charge in [0.1, 0.15) is 18.1 Å². The topological polar surface area (TPSA) is 35.5 Å². The number of thioether (sulfide) groups is 1. The van der Waals surface area contributed by atoms with Crippen LogP contribution in [0.3, 0.4) is 0 Å². The molecule has 7 heteroatoms. The van der Waals surface area contributed by atoms with Crippen LogP contribution in [0.1, 0.15) is 15.9 Å². The summed E-state index contributed by atoms with van der Waals surface area (Å²) in [6.07, 6.45) is -3.02. The van der Waals surface area contributed by atoms with Crippen molar-refractivity contribution in [3.05, 3.63) is 53.6 Å². The van der Waals surface area contributed by atoms with Crippen molar-refractivity contribution >= 4 is 17.5 Å². The van der Waals surface area contributed by atoms with E-state index in [4.69, 9.17) is 9.47 Å². The molecule has 0 fully saturated rings. The van der Waals surface area contributed by atoms with Crippen LogP contribution >= 0.6 is 11.8 Å². The maximum atomic E-state index is 12.7. The molecule has 0 heterocycles. The van der Waals surface area contributed by atoms with Gasteiger partial charge in [-0.25, -0.2) is 0 Å². The lowest BCUT2D eigenvalue weighted by Gasteiger charge is -2.13. The fourth-order valence-electron chi connectivity index (χ4n) is 2.09. The molecule has 128 valence electrons. The van der Waals surface area contributed by atoms with Crippen LogP contribution in [0.2, 0.25) is 0 Å². The van der Waals surface area contributed by atoms with Gasteiger partial charge in [-0.05, 0) is 18.4 Å². The molecule has 2 rings (SSSR count). The van der Waals surface area contributed by atoms with Crippen molar-refractivity contribution in [3.63, 3.8) is 0 Å². The van der Waals surface area contributed by atoms with Crippen molar-refractivity contribution in [2.75, 3.05) is 13.4 Å². The zero-order valence-electron chi connectivity index (χ0n) is 13.0. The maximum Gasteiger partial charge on any atom is 0.454 e. The number of Topliss-reactive ketones (excluding diaryl/α,β-unsaturated/α-hetero) is 1. The average Bonchev–Trinajstić information content (AvgIpc) is 2.58. The summed E-state index contributed by atoms with van der Waals surface area (Å²) in [4.78, 5) is 12.4. The van der Waals surface area contributed by atoms with Gasteiger partial charge in [0.15, 0.2) is 0 Å². The summed E-state index contributed by atoms with van der Waals surface area (Å²) in [6.45, 7) is -0.153. The molecule has 0 aliphatic rings. The molecule has 0 amide bonds. The second kappa shape index (κ2) is 7.61. The molecule has 0 N–H and O–H groups in total. The molecular weight excluding hydrogens is 341 g/mol. The fraction of sp³-hybridized carbons (Fsp3) is 0.235. The molecule has 0 aliphatic heterocycles. The zero-order chi connectivity index (χ0) is 17.7. The van der Waals surface area contributed by atoms with E-state index in [1.165, 1.54) is 31.0 Å². The minimum atomic E-state index is -4.92. The number of benzene rings is 2. The minimum absolute atomic E-state index is 0.153. The van der Waals surface area contributed by atoms with Gasteiger partial charge in [0.25, 0.3) is 5.78 Å². The highest BCUT2D eigenvalue weighted by Crippen LogP contribution is 2.32. The van der Waals surface area contributed by atoms with Gasteiger partial charge in [-0.15, -0.1) is 11.8 Å². The van der Waals surface area contributed by atoms with Gasteiger partial charge >= 0.3 is 6.18 Å². The third-order valence-corrected chi connectivity index (χ3v) is 4.05. The first-order valence-corrected chi connectivity index (χ1v) is 8.13. The van der Waals surface area contributed by atoms with Gasteiger partial charge < -0.3 is 9.47 Å². The number of ether oxygens (including phenoxy) is 2. The Morgan fingerprint density at radius 1 is 1.17 bits per heavy atom. The van der Waals surface area contributed by atoms with Crippen LogP contribution in [-0.2, 0) is 6.61 Å². The molecule has 0 bridgehead atoms. The summed E-state index contributed by atoms with van der Waals surface area (Å²) in [6, 6.07) is 10.7. The van der Waals surface area contributed by atoms with Crippen molar-refractivity contribution < 1.29 is 27.4 Å². The van der Waals surface area contributed by atoms with Crippen molar-refractivity contribution in [2.45, 2.75) is 17.7 Å². The number of rotatable bonds is 6. The number of hydrogen-bond acceptors (Lipinski definition) is 4. The molecule has 0 saturated heterocycles. The average molecular weight is 356 g/mol. The number of ketones is 1. The maximum absolute atomic E-state index is 12.7. The monoisotopic (exact) mass is 356 g/mol. The Hall–Kier alpha value is -2.15. The largest absolute Gasteiger partial charge is 0.495 e. The standard InChI is InChI=1S/C17H15F3O3S/c1-22-14-9-12(7-8-15(14)24-2)23-10-11-5-3-4-6-13(11)16(21)17(18,19)20/h3-9H,10H2,1-2H3. The zero-order valence-corrected chi connectivity index (χ0v) is 13.8. The Morgan fingerprint density at radius 3 is 2.50 bits per heavy atom. The molecule has 0 aliphatic carbocycles. The van der Waals surface area contributed by atoms with E-state index in [0.29, 0.717) is 11.5 Å². The number of halogens is 3. The quantitative estimate of drug-likeness (QED) is 0.553. The molecule has 0 atom stereocenters. The summed E-state index contributed by atoms with van der Waals surface area (Å²) in [5.74, 6) is -0.824. The first kappa shape index (κ1) is 18.2. The van der Waals surface area contributed by atoms with Crippen LogP contribution in [0.5, 0.6) is 11.5 Å². The number of hydrogen-bond donors (Lipinski definition) is 0. The highest BCUT2D eigenvalue weighted by Gasteiger charge is 2.40. The molecule has 0 spiro atoms. The van der Waals surface area contributed by atoms with Crippen molar-refractivity contribution in [1.29, 1.82) is 0 Å². The lowest BCUT2D eigenvalue weighted by molar-refractivity contribution is -0.0886. The fourth-order valence-corrected chi connectivity index (χ4v) is 2.64. The summed E-state index contributed by atoms with van der Waals surface area (Å²) >= 11 is 1.50. The predicted octanol–water partition coefficient (Wildman–Crippen LogP) is 4.74. The molecule has 0 aromatic heterocycles. The van der Waals surface area contributed by atoms with Crippen LogP contribution in [0, 0.1) is 0 Å². The number of carbonyl (C=O) groups is 1. The van der Waals surface area contributed by atoms with Crippen molar-refractivity contribution in [3.8, 4) is 11.5 Å². The van der Waals surface area contributed by atoms with Crippen LogP contribution in [-0.4, -0.2) is 25.3 Å². The highest BCUT2D eigenvalue weighted by atomic mass is 32.2. The van der Waals surface area contributed by atoms with E-state index in [1.807, 2.05) is 6.26 Å². The first-order valence-electron chi connectivity index (χ1n) is 6.91. The molecule has 2 aromatic rings.